The van der Waals surface area contributed by atoms with Crippen LogP contribution in [0.2, 0.25) is 0 Å². The quantitative estimate of drug-likeness (QED) is 0.473. The van der Waals surface area contributed by atoms with Gasteiger partial charge in [-0.25, -0.2) is 0 Å². The van der Waals surface area contributed by atoms with Crippen molar-refractivity contribution < 1.29 is 4.79 Å². The first-order valence-electron chi connectivity index (χ1n) is 4.51. The largest absolute Gasteiger partial charge is 0.293 e. The fourth-order valence-electron chi connectivity index (χ4n) is 1.27. The van der Waals surface area contributed by atoms with Crippen molar-refractivity contribution in [3.63, 3.8) is 0 Å². The Morgan fingerprint density at radius 1 is 1.60 bits per heavy atom. The van der Waals surface area contributed by atoms with E-state index in [-0.39, 0.29) is 10.6 Å². The van der Waals surface area contributed by atoms with E-state index < -0.39 is 0 Å². The number of carbonyl (C=O) groups is 1. The predicted molar refractivity (Wildman–Crippen MR) is 70.5 cm³/mol. The normalized spacial score (nSPS) is 12.5. The van der Waals surface area contributed by atoms with Crippen LogP contribution in [0, 0.1) is 0 Å². The molecule has 1 rings (SSSR count). The Morgan fingerprint density at radius 2 is 2.27 bits per heavy atom. The lowest BCUT2D eigenvalue weighted by Gasteiger charge is -2.08. The predicted octanol–water partition coefficient (Wildman–Crippen LogP) is 4.11. The number of halogens is 2. The van der Waals surface area contributed by atoms with E-state index in [1.165, 1.54) is 0 Å². The summed E-state index contributed by atoms with van der Waals surface area (Å²) in [6.45, 7) is 1.82. The highest BCUT2D eigenvalue weighted by molar-refractivity contribution is 9.10. The van der Waals surface area contributed by atoms with Gasteiger partial charge in [0.2, 0.25) is 0 Å². The van der Waals surface area contributed by atoms with E-state index in [4.69, 9.17) is 11.6 Å². The molecule has 0 aromatic heterocycles. The van der Waals surface area contributed by atoms with Crippen molar-refractivity contribution in [3.05, 3.63) is 29.3 Å². The first kappa shape index (κ1) is 13.1. The minimum absolute atomic E-state index is 0.0917. The van der Waals surface area contributed by atoms with E-state index in [0.717, 1.165) is 10.5 Å². The van der Waals surface area contributed by atoms with Crippen LogP contribution in [0.25, 0.3) is 0 Å². The highest BCUT2D eigenvalue weighted by Gasteiger charge is 2.13. The molecule has 0 fully saturated rings. The lowest BCUT2D eigenvalue weighted by Crippen LogP contribution is -2.10. The standard InChI is InChI=1S/C11H12BrClOS/c1-7(12)11(14)8-3-4-10(15-2)9(5-8)6-13/h3-5,7H,6H2,1-2H3. The van der Waals surface area contributed by atoms with E-state index in [1.807, 2.05) is 31.4 Å². The van der Waals surface area contributed by atoms with Gasteiger partial charge in [-0.15, -0.1) is 23.4 Å². The molecule has 0 bridgehead atoms. The van der Waals surface area contributed by atoms with Crippen molar-refractivity contribution >= 4 is 45.1 Å². The van der Waals surface area contributed by atoms with Crippen LogP contribution in [0.15, 0.2) is 23.1 Å². The molecule has 1 atom stereocenters. The fourth-order valence-corrected chi connectivity index (χ4v) is 2.43. The highest BCUT2D eigenvalue weighted by Crippen LogP contribution is 2.24. The van der Waals surface area contributed by atoms with Crippen LogP contribution in [-0.4, -0.2) is 16.9 Å². The molecule has 4 heteroatoms. The van der Waals surface area contributed by atoms with Crippen molar-refractivity contribution in [2.75, 3.05) is 6.26 Å². The fraction of sp³-hybridized carbons (Fsp3) is 0.364. The van der Waals surface area contributed by atoms with E-state index in [9.17, 15) is 4.79 Å². The number of hydrogen-bond donors (Lipinski definition) is 0. The second kappa shape index (κ2) is 5.92. The van der Waals surface area contributed by atoms with Crippen LogP contribution in [0.1, 0.15) is 22.8 Å². The maximum absolute atomic E-state index is 11.7. The maximum atomic E-state index is 11.7. The number of Topliss-reactive ketones (excluding diaryl/α,β-unsaturated/α-hetero) is 1. The number of carbonyl (C=O) groups excluding carboxylic acids is 1. The van der Waals surface area contributed by atoms with Crippen LogP contribution in [0.5, 0.6) is 0 Å². The first-order chi connectivity index (χ1) is 7.10. The molecular weight excluding hydrogens is 296 g/mol. The van der Waals surface area contributed by atoms with Gasteiger partial charge in [-0.05, 0) is 30.9 Å². The molecule has 0 N–H and O–H groups in total. The van der Waals surface area contributed by atoms with Gasteiger partial charge >= 0.3 is 0 Å². The van der Waals surface area contributed by atoms with Crippen molar-refractivity contribution in [3.8, 4) is 0 Å². The van der Waals surface area contributed by atoms with Crippen LogP contribution < -0.4 is 0 Å². The monoisotopic (exact) mass is 306 g/mol. The van der Waals surface area contributed by atoms with Gasteiger partial charge in [0.15, 0.2) is 5.78 Å². The highest BCUT2D eigenvalue weighted by atomic mass is 79.9. The summed E-state index contributed by atoms with van der Waals surface area (Å²) < 4.78 is 0. The van der Waals surface area contributed by atoms with E-state index in [1.54, 1.807) is 11.8 Å². The molecule has 0 amide bonds. The zero-order chi connectivity index (χ0) is 11.4. The minimum Gasteiger partial charge on any atom is -0.293 e. The first-order valence-corrected chi connectivity index (χ1v) is 7.18. The molecule has 1 nitrogen and oxygen atoms in total. The van der Waals surface area contributed by atoms with Gasteiger partial charge in [0.05, 0.1) is 4.83 Å². The number of alkyl halides is 2. The average Bonchev–Trinajstić information content (AvgIpc) is 2.26. The molecule has 0 radical (unpaired) electrons. The molecule has 1 aromatic carbocycles. The minimum atomic E-state index is -0.152. The smallest absolute Gasteiger partial charge is 0.176 e. The van der Waals surface area contributed by atoms with Crippen LogP contribution in [0.3, 0.4) is 0 Å². The molecule has 0 saturated heterocycles. The van der Waals surface area contributed by atoms with Gasteiger partial charge in [0, 0.05) is 16.3 Å². The Morgan fingerprint density at radius 3 is 2.73 bits per heavy atom. The number of hydrogen-bond acceptors (Lipinski definition) is 2. The zero-order valence-electron chi connectivity index (χ0n) is 8.59. The van der Waals surface area contributed by atoms with Gasteiger partial charge < -0.3 is 0 Å². The molecule has 0 aliphatic rings. The van der Waals surface area contributed by atoms with Crippen LogP contribution >= 0.6 is 39.3 Å². The Hall–Kier alpha value is 0.01000. The average molecular weight is 308 g/mol. The molecule has 1 aromatic rings. The molecule has 0 saturated carbocycles. The summed E-state index contributed by atoms with van der Waals surface area (Å²) in [5.74, 6) is 0.530. The second-order valence-electron chi connectivity index (χ2n) is 3.14. The topological polar surface area (TPSA) is 17.1 Å². The Bertz CT molecular complexity index is 366. The van der Waals surface area contributed by atoms with E-state index in [2.05, 4.69) is 15.9 Å². The zero-order valence-corrected chi connectivity index (χ0v) is 11.7. The van der Waals surface area contributed by atoms with E-state index in [0.29, 0.717) is 11.4 Å². The molecule has 15 heavy (non-hydrogen) atoms. The lowest BCUT2D eigenvalue weighted by molar-refractivity contribution is 0.0995. The third-order valence-corrected chi connectivity index (χ3v) is 3.61. The Balaban J connectivity index is 3.08. The van der Waals surface area contributed by atoms with Crippen LogP contribution in [-0.2, 0) is 5.88 Å². The molecule has 1 unspecified atom stereocenters. The molecular formula is C11H12BrClOS. The number of rotatable bonds is 4. The van der Waals surface area contributed by atoms with Crippen molar-refractivity contribution in [1.29, 1.82) is 0 Å². The molecule has 82 valence electrons. The SMILES string of the molecule is CSc1ccc(C(=O)C(C)Br)cc1CCl. The lowest BCUT2D eigenvalue weighted by atomic mass is 10.1. The third-order valence-electron chi connectivity index (χ3n) is 2.07. The summed E-state index contributed by atoms with van der Waals surface area (Å²) in [6, 6.07) is 5.67. The number of ketones is 1. The molecule has 0 heterocycles. The van der Waals surface area contributed by atoms with Crippen molar-refractivity contribution in [1.82, 2.24) is 0 Å². The second-order valence-corrected chi connectivity index (χ2v) is 5.63. The summed E-state index contributed by atoms with van der Waals surface area (Å²) in [6.07, 6.45) is 2.00. The summed E-state index contributed by atoms with van der Waals surface area (Å²) in [5.41, 5.74) is 1.73. The molecule has 0 aliphatic carbocycles. The van der Waals surface area contributed by atoms with Crippen molar-refractivity contribution in [2.24, 2.45) is 0 Å². The Labute approximate surface area is 108 Å². The summed E-state index contributed by atoms with van der Waals surface area (Å²) in [4.78, 5) is 12.7. The number of thioether (sulfide) groups is 1. The van der Waals surface area contributed by atoms with E-state index >= 15 is 0 Å². The Kier molecular flexibility index (Phi) is 5.16. The third kappa shape index (κ3) is 3.23. The summed E-state index contributed by atoms with van der Waals surface area (Å²) in [5, 5.41) is 0. The summed E-state index contributed by atoms with van der Waals surface area (Å²) in [7, 11) is 0. The van der Waals surface area contributed by atoms with Crippen LogP contribution in [0.4, 0.5) is 0 Å². The van der Waals surface area contributed by atoms with Gasteiger partial charge in [-0.3, -0.25) is 4.79 Å². The maximum Gasteiger partial charge on any atom is 0.176 e. The summed E-state index contributed by atoms with van der Waals surface area (Å²) >= 11 is 10.7. The molecule has 0 aliphatic heterocycles. The van der Waals surface area contributed by atoms with Gasteiger partial charge in [-0.1, -0.05) is 22.0 Å². The van der Waals surface area contributed by atoms with Gasteiger partial charge in [-0.2, -0.15) is 0 Å². The molecule has 0 spiro atoms. The number of benzene rings is 1. The van der Waals surface area contributed by atoms with Crippen molar-refractivity contribution in [2.45, 2.75) is 22.5 Å². The van der Waals surface area contributed by atoms with Gasteiger partial charge in [0.1, 0.15) is 0 Å². The van der Waals surface area contributed by atoms with Gasteiger partial charge in [0.25, 0.3) is 0 Å².